The molecule has 0 aliphatic carbocycles. The van der Waals surface area contributed by atoms with Crippen molar-refractivity contribution in [2.24, 2.45) is 5.73 Å². The third-order valence-corrected chi connectivity index (χ3v) is 2.23. The molecule has 0 saturated carbocycles. The maximum Gasteiger partial charge on any atom is 0.417 e. The molecule has 6 heteroatoms. The van der Waals surface area contributed by atoms with Crippen LogP contribution in [0.25, 0.3) is 0 Å². The highest BCUT2D eigenvalue weighted by molar-refractivity contribution is 6.32. The van der Waals surface area contributed by atoms with Gasteiger partial charge in [0.25, 0.3) is 0 Å². The summed E-state index contributed by atoms with van der Waals surface area (Å²) < 4.78 is 37.2. The van der Waals surface area contributed by atoms with E-state index >= 15 is 0 Å². The Balaban J connectivity index is 3.31. The molecule has 0 radical (unpaired) electrons. The van der Waals surface area contributed by atoms with Crippen LogP contribution in [0.15, 0.2) is 18.2 Å². The minimum Gasteiger partial charge on any atom is -0.312 e. The highest BCUT2D eigenvalue weighted by Crippen LogP contribution is 2.37. The molecule has 0 amide bonds. The Morgan fingerprint density at radius 1 is 1.40 bits per heavy atom. The van der Waals surface area contributed by atoms with E-state index in [2.05, 4.69) is 0 Å². The molecule has 1 aromatic rings. The van der Waals surface area contributed by atoms with E-state index < -0.39 is 22.8 Å². The summed E-state index contributed by atoms with van der Waals surface area (Å²) in [5.74, 6) is 0. The molecule has 0 aromatic heterocycles. The van der Waals surface area contributed by atoms with Gasteiger partial charge in [-0.25, -0.2) is 0 Å². The van der Waals surface area contributed by atoms with Crippen molar-refractivity contribution in [1.29, 1.82) is 5.26 Å². The van der Waals surface area contributed by atoms with Gasteiger partial charge in [0, 0.05) is 5.56 Å². The van der Waals surface area contributed by atoms with Gasteiger partial charge in [0.2, 0.25) is 0 Å². The van der Waals surface area contributed by atoms with Crippen molar-refractivity contribution in [2.75, 3.05) is 0 Å². The van der Waals surface area contributed by atoms with Crippen molar-refractivity contribution in [2.45, 2.75) is 12.2 Å². The Bertz CT molecular complexity index is 409. The molecular weight excluding hydrogens is 229 g/mol. The normalized spacial score (nSPS) is 13.3. The molecule has 1 rings (SSSR count). The summed E-state index contributed by atoms with van der Waals surface area (Å²) in [5.41, 5.74) is 4.30. The first-order valence-electron chi connectivity index (χ1n) is 3.88. The first-order chi connectivity index (χ1) is 6.88. The van der Waals surface area contributed by atoms with Gasteiger partial charge in [-0.1, -0.05) is 23.7 Å². The monoisotopic (exact) mass is 234 g/mol. The van der Waals surface area contributed by atoms with Gasteiger partial charge >= 0.3 is 6.18 Å². The first-order valence-corrected chi connectivity index (χ1v) is 4.26. The molecule has 80 valence electrons. The fourth-order valence-electron chi connectivity index (χ4n) is 1.08. The van der Waals surface area contributed by atoms with Crippen molar-refractivity contribution >= 4 is 11.6 Å². The lowest BCUT2D eigenvalue weighted by Crippen LogP contribution is -2.12. The topological polar surface area (TPSA) is 49.8 Å². The zero-order chi connectivity index (χ0) is 11.6. The fraction of sp³-hybridized carbons (Fsp3) is 0.222. The Morgan fingerprint density at radius 2 is 2.00 bits per heavy atom. The minimum absolute atomic E-state index is 0.0195. The highest BCUT2D eigenvalue weighted by atomic mass is 35.5. The fourth-order valence-corrected chi connectivity index (χ4v) is 1.43. The summed E-state index contributed by atoms with van der Waals surface area (Å²) in [6.07, 6.45) is -4.54. The molecule has 0 bridgehead atoms. The molecule has 1 aromatic carbocycles. The summed E-state index contributed by atoms with van der Waals surface area (Å²) in [7, 11) is 0. The predicted octanol–water partition coefficient (Wildman–Crippen LogP) is 2.88. The Morgan fingerprint density at radius 3 is 2.47 bits per heavy atom. The third kappa shape index (κ3) is 2.41. The van der Waals surface area contributed by atoms with Gasteiger partial charge in [-0.2, -0.15) is 18.4 Å². The van der Waals surface area contributed by atoms with E-state index in [1.807, 2.05) is 0 Å². The number of hydrogen-bond donors (Lipinski definition) is 1. The lowest BCUT2D eigenvalue weighted by atomic mass is 10.1. The number of benzene rings is 1. The van der Waals surface area contributed by atoms with Crippen LogP contribution in [-0.2, 0) is 6.18 Å². The van der Waals surface area contributed by atoms with Crippen LogP contribution in [0.4, 0.5) is 13.2 Å². The quantitative estimate of drug-likeness (QED) is 0.812. The van der Waals surface area contributed by atoms with Crippen LogP contribution in [0.3, 0.4) is 0 Å². The van der Waals surface area contributed by atoms with Crippen molar-refractivity contribution in [3.05, 3.63) is 34.3 Å². The van der Waals surface area contributed by atoms with Crippen molar-refractivity contribution in [3.63, 3.8) is 0 Å². The van der Waals surface area contributed by atoms with Crippen LogP contribution < -0.4 is 5.73 Å². The van der Waals surface area contributed by atoms with Gasteiger partial charge < -0.3 is 5.73 Å². The van der Waals surface area contributed by atoms with Gasteiger partial charge in [0.1, 0.15) is 6.04 Å². The SMILES string of the molecule is N#CC(N)c1cccc(C(F)(F)F)c1Cl. The van der Waals surface area contributed by atoms with Gasteiger partial charge in [0.05, 0.1) is 16.7 Å². The molecule has 0 spiro atoms. The zero-order valence-electron chi connectivity index (χ0n) is 7.35. The molecule has 1 atom stereocenters. The largest absolute Gasteiger partial charge is 0.417 e. The summed E-state index contributed by atoms with van der Waals surface area (Å²) in [6, 6.07) is 3.78. The van der Waals surface area contributed by atoms with E-state index in [1.54, 1.807) is 6.07 Å². The van der Waals surface area contributed by atoms with Gasteiger partial charge in [-0.3, -0.25) is 0 Å². The standard InChI is InChI=1S/C9H6ClF3N2/c10-8-5(7(15)4-14)2-1-3-6(8)9(11,12)13/h1-3,7H,15H2. The Hall–Kier alpha value is -1.25. The van der Waals surface area contributed by atoms with Crippen LogP contribution in [0.2, 0.25) is 5.02 Å². The van der Waals surface area contributed by atoms with Crippen LogP contribution in [0.1, 0.15) is 17.2 Å². The second-order valence-electron chi connectivity index (χ2n) is 2.81. The van der Waals surface area contributed by atoms with E-state index in [0.717, 1.165) is 6.07 Å². The van der Waals surface area contributed by atoms with Crippen LogP contribution in [0.5, 0.6) is 0 Å². The van der Waals surface area contributed by atoms with E-state index in [9.17, 15) is 13.2 Å². The molecule has 2 N–H and O–H groups in total. The van der Waals surface area contributed by atoms with Crippen molar-refractivity contribution in [3.8, 4) is 6.07 Å². The highest BCUT2D eigenvalue weighted by Gasteiger charge is 2.34. The lowest BCUT2D eigenvalue weighted by molar-refractivity contribution is -0.137. The van der Waals surface area contributed by atoms with Crippen LogP contribution in [0, 0.1) is 11.3 Å². The number of nitriles is 1. The van der Waals surface area contributed by atoms with Gasteiger partial charge in [-0.15, -0.1) is 0 Å². The first kappa shape index (κ1) is 11.8. The molecule has 1 unspecified atom stereocenters. The minimum atomic E-state index is -4.54. The predicted molar refractivity (Wildman–Crippen MR) is 49.0 cm³/mol. The molecule has 0 aliphatic rings. The van der Waals surface area contributed by atoms with Crippen LogP contribution >= 0.6 is 11.6 Å². The second-order valence-corrected chi connectivity index (χ2v) is 3.19. The van der Waals surface area contributed by atoms with E-state index in [4.69, 9.17) is 22.6 Å². The molecule has 2 nitrogen and oxygen atoms in total. The second kappa shape index (κ2) is 4.09. The summed E-state index contributed by atoms with van der Waals surface area (Å²) >= 11 is 5.52. The average molecular weight is 235 g/mol. The van der Waals surface area contributed by atoms with E-state index in [1.165, 1.54) is 12.1 Å². The molecular formula is C9H6ClF3N2. The van der Waals surface area contributed by atoms with Gasteiger partial charge in [-0.05, 0) is 6.07 Å². The Labute approximate surface area is 89.1 Å². The summed E-state index contributed by atoms with van der Waals surface area (Å²) in [6.45, 7) is 0. The summed E-state index contributed by atoms with van der Waals surface area (Å²) in [5, 5.41) is 7.98. The number of alkyl halides is 3. The third-order valence-electron chi connectivity index (χ3n) is 1.81. The lowest BCUT2D eigenvalue weighted by Gasteiger charge is -2.12. The smallest absolute Gasteiger partial charge is 0.312 e. The van der Waals surface area contributed by atoms with Crippen LogP contribution in [-0.4, -0.2) is 0 Å². The van der Waals surface area contributed by atoms with E-state index in [-0.39, 0.29) is 5.56 Å². The summed E-state index contributed by atoms with van der Waals surface area (Å²) in [4.78, 5) is 0. The number of nitrogens with two attached hydrogens (primary N) is 1. The number of hydrogen-bond acceptors (Lipinski definition) is 2. The van der Waals surface area contributed by atoms with Crippen molar-refractivity contribution in [1.82, 2.24) is 0 Å². The van der Waals surface area contributed by atoms with Crippen molar-refractivity contribution < 1.29 is 13.2 Å². The number of halogens is 4. The maximum absolute atomic E-state index is 12.4. The maximum atomic E-state index is 12.4. The molecule has 0 saturated heterocycles. The Kier molecular flexibility index (Phi) is 3.22. The van der Waals surface area contributed by atoms with E-state index in [0.29, 0.717) is 0 Å². The molecule has 15 heavy (non-hydrogen) atoms. The average Bonchev–Trinajstić information content (AvgIpc) is 2.15. The molecule has 0 fully saturated rings. The number of nitrogens with zero attached hydrogens (tertiary/aromatic N) is 1. The molecule has 0 heterocycles. The number of rotatable bonds is 1. The zero-order valence-corrected chi connectivity index (χ0v) is 8.10. The molecule has 0 aliphatic heterocycles. The van der Waals surface area contributed by atoms with Gasteiger partial charge in [0.15, 0.2) is 0 Å².